The van der Waals surface area contributed by atoms with Gasteiger partial charge in [0.1, 0.15) is 0 Å². The maximum Gasteiger partial charge on any atom is 0.157 e. The van der Waals surface area contributed by atoms with E-state index in [1.807, 2.05) is 11.8 Å². The zero-order valence-corrected chi connectivity index (χ0v) is 12.9. The van der Waals surface area contributed by atoms with E-state index < -0.39 is 0 Å². The number of hydrogen-bond donors (Lipinski definition) is 1. The average Bonchev–Trinajstić information content (AvgIpc) is 2.88. The van der Waals surface area contributed by atoms with Gasteiger partial charge in [0.05, 0.1) is 11.8 Å². The summed E-state index contributed by atoms with van der Waals surface area (Å²) in [6.45, 7) is 7.72. The van der Waals surface area contributed by atoms with Crippen LogP contribution in [0, 0.1) is 5.92 Å². The first kappa shape index (κ1) is 14.4. The lowest BCUT2D eigenvalue weighted by atomic mass is 10.0. The molecule has 3 atom stereocenters. The van der Waals surface area contributed by atoms with E-state index in [0.29, 0.717) is 11.3 Å². The molecule has 0 fully saturated rings. The summed E-state index contributed by atoms with van der Waals surface area (Å²) in [6, 6.07) is 11.2. The van der Waals surface area contributed by atoms with Crippen LogP contribution < -0.4 is 5.32 Å². The minimum absolute atomic E-state index is 0.486. The Kier molecular flexibility index (Phi) is 5.32. The lowest BCUT2D eigenvalue weighted by Crippen LogP contribution is -2.31. The fourth-order valence-electron chi connectivity index (χ4n) is 2.34. The Morgan fingerprint density at radius 2 is 2.05 bits per heavy atom. The molecule has 104 valence electrons. The van der Waals surface area contributed by atoms with Gasteiger partial charge < -0.3 is 5.32 Å². The second-order valence-corrected chi connectivity index (χ2v) is 6.65. The van der Waals surface area contributed by atoms with Crippen LogP contribution in [0.1, 0.15) is 44.4 Å². The molecule has 0 aromatic heterocycles. The van der Waals surface area contributed by atoms with Gasteiger partial charge in [-0.1, -0.05) is 62.4 Å². The zero-order valence-electron chi connectivity index (χ0n) is 12.1. The quantitative estimate of drug-likeness (QED) is 0.869. The lowest BCUT2D eigenvalue weighted by Gasteiger charge is -2.18. The van der Waals surface area contributed by atoms with E-state index >= 15 is 0 Å². The van der Waals surface area contributed by atoms with Crippen molar-refractivity contribution in [1.82, 2.24) is 5.32 Å². The second kappa shape index (κ2) is 6.99. The molecule has 1 aromatic rings. The minimum atomic E-state index is 0.486. The first-order chi connectivity index (χ1) is 9.19. The number of thioether (sulfide) groups is 1. The van der Waals surface area contributed by atoms with Gasteiger partial charge in [-0.3, -0.25) is 4.99 Å². The first-order valence-corrected chi connectivity index (χ1v) is 8.09. The molecule has 0 aliphatic carbocycles. The van der Waals surface area contributed by atoms with E-state index in [4.69, 9.17) is 0 Å². The van der Waals surface area contributed by atoms with Crippen molar-refractivity contribution in [2.45, 2.75) is 44.9 Å². The largest absolute Gasteiger partial charge is 0.362 e. The summed E-state index contributed by atoms with van der Waals surface area (Å²) in [6.07, 6.45) is 2.46. The van der Waals surface area contributed by atoms with Crippen molar-refractivity contribution in [1.29, 1.82) is 0 Å². The molecule has 0 saturated carbocycles. The summed E-state index contributed by atoms with van der Waals surface area (Å²) < 4.78 is 0. The number of aliphatic imine (C=N–C) groups is 1. The molecule has 2 nitrogen and oxygen atoms in total. The fraction of sp³-hybridized carbons (Fsp3) is 0.562. The Balaban J connectivity index is 1.82. The number of benzene rings is 1. The highest BCUT2D eigenvalue weighted by Crippen LogP contribution is 2.34. The van der Waals surface area contributed by atoms with Crippen LogP contribution in [0.4, 0.5) is 0 Å². The third-order valence-electron chi connectivity index (χ3n) is 3.65. The fourth-order valence-corrected chi connectivity index (χ4v) is 3.47. The number of hydrogen-bond acceptors (Lipinski definition) is 3. The van der Waals surface area contributed by atoms with Crippen molar-refractivity contribution in [2.24, 2.45) is 10.9 Å². The van der Waals surface area contributed by atoms with Crippen LogP contribution in [0.3, 0.4) is 0 Å². The first-order valence-electron chi connectivity index (χ1n) is 7.21. The molecule has 0 saturated heterocycles. The monoisotopic (exact) mass is 276 g/mol. The van der Waals surface area contributed by atoms with Gasteiger partial charge in [0.15, 0.2) is 5.17 Å². The van der Waals surface area contributed by atoms with E-state index in [9.17, 15) is 0 Å². The van der Waals surface area contributed by atoms with Crippen molar-refractivity contribution in [3.8, 4) is 0 Å². The Morgan fingerprint density at radius 3 is 2.74 bits per heavy atom. The Morgan fingerprint density at radius 1 is 1.32 bits per heavy atom. The van der Waals surface area contributed by atoms with Gasteiger partial charge in [-0.15, -0.1) is 0 Å². The summed E-state index contributed by atoms with van der Waals surface area (Å²) in [5, 5.41) is 5.16. The number of rotatable bonds is 5. The van der Waals surface area contributed by atoms with Crippen molar-refractivity contribution in [2.75, 3.05) is 6.54 Å². The summed E-state index contributed by atoms with van der Waals surface area (Å²) in [5.74, 6) is 0.777. The van der Waals surface area contributed by atoms with Gasteiger partial charge in [-0.05, 0) is 24.8 Å². The van der Waals surface area contributed by atoms with Crippen LogP contribution in [-0.4, -0.2) is 17.8 Å². The Bertz CT molecular complexity index is 416. The van der Waals surface area contributed by atoms with E-state index in [1.54, 1.807) is 0 Å². The molecule has 2 rings (SSSR count). The predicted octanol–water partition coefficient (Wildman–Crippen LogP) is 4.24. The summed E-state index contributed by atoms with van der Waals surface area (Å²) in [4.78, 5) is 4.64. The molecule has 1 aliphatic rings. The molecule has 1 aromatic carbocycles. The number of amidine groups is 1. The van der Waals surface area contributed by atoms with Gasteiger partial charge in [-0.2, -0.15) is 0 Å². The van der Waals surface area contributed by atoms with Crippen molar-refractivity contribution < 1.29 is 0 Å². The van der Waals surface area contributed by atoms with Crippen LogP contribution in [0.2, 0.25) is 0 Å². The SMILES string of the molecule is CCC(C)CC(C)NC1=NCC(c2ccccc2)S1. The normalized spacial score (nSPS) is 21.8. The molecule has 0 radical (unpaired) electrons. The van der Waals surface area contributed by atoms with Crippen molar-refractivity contribution in [3.63, 3.8) is 0 Å². The third kappa shape index (κ3) is 4.27. The van der Waals surface area contributed by atoms with Gasteiger partial charge in [0.2, 0.25) is 0 Å². The lowest BCUT2D eigenvalue weighted by molar-refractivity contribution is 0.449. The second-order valence-electron chi connectivity index (χ2n) is 5.46. The van der Waals surface area contributed by atoms with Gasteiger partial charge in [0, 0.05) is 6.04 Å². The topological polar surface area (TPSA) is 24.4 Å². The molecule has 0 amide bonds. The van der Waals surface area contributed by atoms with Gasteiger partial charge >= 0.3 is 0 Å². The summed E-state index contributed by atoms with van der Waals surface area (Å²) in [7, 11) is 0. The van der Waals surface area contributed by atoms with Crippen molar-refractivity contribution in [3.05, 3.63) is 35.9 Å². The highest BCUT2D eigenvalue weighted by Gasteiger charge is 2.22. The molecule has 3 heteroatoms. The van der Waals surface area contributed by atoms with Crippen molar-refractivity contribution >= 4 is 16.9 Å². The van der Waals surface area contributed by atoms with Gasteiger partial charge in [-0.25, -0.2) is 0 Å². The molecule has 1 N–H and O–H groups in total. The van der Waals surface area contributed by atoms with E-state index in [2.05, 4.69) is 61.4 Å². The van der Waals surface area contributed by atoms with E-state index in [1.165, 1.54) is 18.4 Å². The van der Waals surface area contributed by atoms with E-state index in [0.717, 1.165) is 17.6 Å². The molecule has 3 unspecified atom stereocenters. The molecule has 19 heavy (non-hydrogen) atoms. The minimum Gasteiger partial charge on any atom is -0.362 e. The van der Waals surface area contributed by atoms with Crippen LogP contribution in [0.5, 0.6) is 0 Å². The van der Waals surface area contributed by atoms with Crippen LogP contribution in [0.25, 0.3) is 0 Å². The smallest absolute Gasteiger partial charge is 0.157 e. The Labute approximate surface area is 121 Å². The van der Waals surface area contributed by atoms with Crippen LogP contribution in [0.15, 0.2) is 35.3 Å². The van der Waals surface area contributed by atoms with Crippen LogP contribution >= 0.6 is 11.8 Å². The standard InChI is InChI=1S/C16H24N2S/c1-4-12(2)10-13(3)18-16-17-11-15(19-16)14-8-6-5-7-9-14/h5-9,12-13,15H,4,10-11H2,1-3H3,(H,17,18). The maximum atomic E-state index is 4.64. The predicted molar refractivity (Wildman–Crippen MR) is 85.7 cm³/mol. The molecular weight excluding hydrogens is 252 g/mol. The van der Waals surface area contributed by atoms with Gasteiger partial charge in [0.25, 0.3) is 0 Å². The summed E-state index contributed by atoms with van der Waals surface area (Å²) in [5.41, 5.74) is 1.38. The average molecular weight is 276 g/mol. The number of nitrogens with one attached hydrogen (secondary N) is 1. The third-order valence-corrected chi connectivity index (χ3v) is 4.82. The molecule has 0 bridgehead atoms. The summed E-state index contributed by atoms with van der Waals surface area (Å²) >= 11 is 1.87. The maximum absolute atomic E-state index is 4.64. The van der Waals surface area contributed by atoms with Crippen LogP contribution in [-0.2, 0) is 0 Å². The molecule has 1 heterocycles. The number of nitrogens with zero attached hydrogens (tertiary/aromatic N) is 1. The molecule has 1 aliphatic heterocycles. The van der Waals surface area contributed by atoms with E-state index in [-0.39, 0.29) is 0 Å². The molecule has 0 spiro atoms. The zero-order chi connectivity index (χ0) is 13.7. The Hall–Kier alpha value is -0.960. The highest BCUT2D eigenvalue weighted by molar-refractivity contribution is 8.14. The molecular formula is C16H24N2S. The highest BCUT2D eigenvalue weighted by atomic mass is 32.2.